The van der Waals surface area contributed by atoms with E-state index in [4.69, 9.17) is 4.74 Å². The average molecular weight is 411 g/mol. The molecule has 0 saturated heterocycles. The fourth-order valence-corrected chi connectivity index (χ4v) is 3.44. The quantitative estimate of drug-likeness (QED) is 0.470. The summed E-state index contributed by atoms with van der Waals surface area (Å²) in [4.78, 5) is 25.3. The van der Waals surface area contributed by atoms with E-state index in [-0.39, 0.29) is 11.8 Å². The van der Waals surface area contributed by atoms with E-state index in [0.29, 0.717) is 17.4 Å². The second-order valence-corrected chi connectivity index (χ2v) is 7.44. The molecule has 31 heavy (non-hydrogen) atoms. The molecule has 7 nitrogen and oxygen atoms in total. The van der Waals surface area contributed by atoms with Crippen LogP contribution in [-0.4, -0.2) is 27.9 Å². The predicted molar refractivity (Wildman–Crippen MR) is 120 cm³/mol. The normalized spacial score (nSPS) is 13.1. The number of nitrogens with zero attached hydrogens (tertiary/aromatic N) is 3. The number of nitrogens with one attached hydrogen (secondary N) is 2. The lowest BCUT2D eigenvalue weighted by atomic mass is 10.0. The molecule has 3 heterocycles. The second-order valence-electron chi connectivity index (χ2n) is 7.44. The molecule has 0 unspecified atom stereocenters. The highest BCUT2D eigenvalue weighted by Gasteiger charge is 2.29. The zero-order valence-electron chi connectivity index (χ0n) is 17.0. The van der Waals surface area contributed by atoms with Crippen molar-refractivity contribution in [3.8, 4) is 22.8 Å². The van der Waals surface area contributed by atoms with Crippen LogP contribution in [0.3, 0.4) is 0 Å². The first-order chi connectivity index (χ1) is 15.2. The van der Waals surface area contributed by atoms with Crippen molar-refractivity contribution in [2.75, 3.05) is 17.7 Å². The molecular formula is C24H21N5O2. The lowest BCUT2D eigenvalue weighted by molar-refractivity contribution is -0.117. The molecule has 0 radical (unpaired) electrons. The standard InChI is InChI=1S/C24H21N5O2/c1-25-23-20-14-27-21(29-24(30)16-5-6-16)12-18(20)19(13-28-23)15-7-9-17(10-8-15)31-22-4-2-3-11-26-22/h2-4,7-14,16H,5-6H2,1H3,(H,25,28)(H,27,29,30). The van der Waals surface area contributed by atoms with Gasteiger partial charge >= 0.3 is 0 Å². The number of carbonyl (C=O) groups is 1. The van der Waals surface area contributed by atoms with Crippen LogP contribution >= 0.6 is 0 Å². The van der Waals surface area contributed by atoms with Gasteiger partial charge in [-0.25, -0.2) is 15.0 Å². The van der Waals surface area contributed by atoms with Crippen molar-refractivity contribution in [2.24, 2.45) is 5.92 Å². The largest absolute Gasteiger partial charge is 0.439 e. The van der Waals surface area contributed by atoms with E-state index in [9.17, 15) is 4.79 Å². The highest BCUT2D eigenvalue weighted by atomic mass is 16.5. The first-order valence-corrected chi connectivity index (χ1v) is 10.2. The van der Waals surface area contributed by atoms with E-state index in [1.807, 2.05) is 61.8 Å². The SMILES string of the molecule is CNc1ncc(-c2ccc(Oc3ccccn3)cc2)c2cc(NC(=O)C3CC3)ncc12. The third-order valence-electron chi connectivity index (χ3n) is 5.23. The van der Waals surface area contributed by atoms with Gasteiger partial charge in [-0.1, -0.05) is 18.2 Å². The molecule has 1 aliphatic carbocycles. The molecule has 3 aromatic heterocycles. The van der Waals surface area contributed by atoms with Gasteiger partial charge in [-0.2, -0.15) is 0 Å². The van der Waals surface area contributed by atoms with Crippen molar-refractivity contribution in [1.29, 1.82) is 0 Å². The van der Waals surface area contributed by atoms with Gasteiger partial charge in [0.1, 0.15) is 17.4 Å². The van der Waals surface area contributed by atoms with Gasteiger partial charge in [0.25, 0.3) is 0 Å². The summed E-state index contributed by atoms with van der Waals surface area (Å²) in [7, 11) is 1.83. The van der Waals surface area contributed by atoms with E-state index >= 15 is 0 Å². The molecule has 0 spiro atoms. The zero-order valence-corrected chi connectivity index (χ0v) is 17.0. The second kappa shape index (κ2) is 8.02. The smallest absolute Gasteiger partial charge is 0.228 e. The molecule has 1 aromatic carbocycles. The molecular weight excluding hydrogens is 390 g/mol. The Balaban J connectivity index is 1.49. The lowest BCUT2D eigenvalue weighted by Crippen LogP contribution is -2.14. The summed E-state index contributed by atoms with van der Waals surface area (Å²) in [5, 5.41) is 7.88. The van der Waals surface area contributed by atoms with Crippen LogP contribution in [0.2, 0.25) is 0 Å². The van der Waals surface area contributed by atoms with Crippen molar-refractivity contribution in [2.45, 2.75) is 12.8 Å². The Hall–Kier alpha value is -4.00. The summed E-state index contributed by atoms with van der Waals surface area (Å²) in [6.45, 7) is 0. The maximum atomic E-state index is 12.2. The van der Waals surface area contributed by atoms with Crippen molar-refractivity contribution < 1.29 is 9.53 Å². The first-order valence-electron chi connectivity index (χ1n) is 10.2. The molecule has 1 saturated carbocycles. The van der Waals surface area contributed by atoms with Gasteiger partial charge in [0.2, 0.25) is 11.8 Å². The number of benzene rings is 1. The number of fused-ring (bicyclic) bond motifs is 1. The zero-order chi connectivity index (χ0) is 21.2. The average Bonchev–Trinajstić information content (AvgIpc) is 3.65. The van der Waals surface area contributed by atoms with E-state index in [1.54, 1.807) is 12.4 Å². The molecule has 0 aliphatic heterocycles. The van der Waals surface area contributed by atoms with Gasteiger partial charge in [0.05, 0.1) is 0 Å². The van der Waals surface area contributed by atoms with Crippen LogP contribution in [0.15, 0.2) is 67.1 Å². The van der Waals surface area contributed by atoms with Crippen LogP contribution in [0.4, 0.5) is 11.6 Å². The molecule has 0 atom stereocenters. The molecule has 1 amide bonds. The van der Waals surface area contributed by atoms with Gasteiger partial charge in [-0.15, -0.1) is 0 Å². The Bertz CT molecular complexity index is 1240. The number of carbonyl (C=O) groups excluding carboxylic acids is 1. The van der Waals surface area contributed by atoms with Crippen molar-refractivity contribution in [1.82, 2.24) is 15.0 Å². The molecule has 5 rings (SSSR count). The van der Waals surface area contributed by atoms with Crippen LogP contribution in [0.1, 0.15) is 12.8 Å². The van der Waals surface area contributed by atoms with Crippen molar-refractivity contribution >= 4 is 28.3 Å². The molecule has 4 aromatic rings. The summed E-state index contributed by atoms with van der Waals surface area (Å²) < 4.78 is 5.79. The van der Waals surface area contributed by atoms with E-state index < -0.39 is 0 Å². The van der Waals surface area contributed by atoms with Crippen LogP contribution in [0, 0.1) is 5.92 Å². The number of rotatable bonds is 6. The molecule has 154 valence electrons. The Kier molecular flexibility index (Phi) is 4.92. The number of hydrogen-bond acceptors (Lipinski definition) is 6. The summed E-state index contributed by atoms with van der Waals surface area (Å²) >= 11 is 0. The highest BCUT2D eigenvalue weighted by molar-refractivity contribution is 6.03. The lowest BCUT2D eigenvalue weighted by Gasteiger charge is -2.12. The summed E-state index contributed by atoms with van der Waals surface area (Å²) in [5.74, 6) is 2.69. The number of pyridine rings is 3. The number of amides is 1. The first kappa shape index (κ1) is 19.0. The summed E-state index contributed by atoms with van der Waals surface area (Å²) in [6.07, 6.45) is 7.17. The molecule has 1 fully saturated rings. The number of hydrogen-bond donors (Lipinski definition) is 2. The predicted octanol–water partition coefficient (Wildman–Crippen LogP) is 4.87. The minimum atomic E-state index is 0.0346. The Labute approximate surface area is 179 Å². The van der Waals surface area contributed by atoms with Crippen LogP contribution < -0.4 is 15.4 Å². The van der Waals surface area contributed by atoms with Crippen LogP contribution in [0.5, 0.6) is 11.6 Å². The summed E-state index contributed by atoms with van der Waals surface area (Å²) in [5.41, 5.74) is 1.93. The third-order valence-corrected chi connectivity index (χ3v) is 5.23. The molecule has 7 heteroatoms. The van der Waals surface area contributed by atoms with E-state index in [0.717, 1.165) is 40.6 Å². The van der Waals surface area contributed by atoms with Gasteiger partial charge < -0.3 is 15.4 Å². The van der Waals surface area contributed by atoms with Crippen LogP contribution in [-0.2, 0) is 4.79 Å². The fraction of sp³-hybridized carbons (Fsp3) is 0.167. The monoisotopic (exact) mass is 411 g/mol. The van der Waals surface area contributed by atoms with Crippen molar-refractivity contribution in [3.63, 3.8) is 0 Å². The molecule has 1 aliphatic rings. The topological polar surface area (TPSA) is 89.0 Å². The maximum absolute atomic E-state index is 12.2. The number of anilines is 2. The molecule has 0 bridgehead atoms. The Morgan fingerprint density at radius 2 is 1.84 bits per heavy atom. The van der Waals surface area contributed by atoms with Gasteiger partial charge in [0.15, 0.2) is 0 Å². The maximum Gasteiger partial charge on any atom is 0.228 e. The highest BCUT2D eigenvalue weighted by Crippen LogP contribution is 2.35. The Morgan fingerprint density at radius 3 is 2.55 bits per heavy atom. The van der Waals surface area contributed by atoms with E-state index in [2.05, 4.69) is 25.6 Å². The minimum absolute atomic E-state index is 0.0346. The van der Waals surface area contributed by atoms with Crippen LogP contribution in [0.25, 0.3) is 21.9 Å². The Morgan fingerprint density at radius 1 is 1.00 bits per heavy atom. The fourth-order valence-electron chi connectivity index (χ4n) is 3.44. The van der Waals surface area contributed by atoms with Gasteiger partial charge in [-0.3, -0.25) is 4.79 Å². The summed E-state index contributed by atoms with van der Waals surface area (Å²) in [6, 6.07) is 15.2. The van der Waals surface area contributed by atoms with E-state index in [1.165, 1.54) is 0 Å². The minimum Gasteiger partial charge on any atom is -0.439 e. The van der Waals surface area contributed by atoms with Crippen molar-refractivity contribution in [3.05, 3.63) is 67.1 Å². The number of ether oxygens (including phenoxy) is 1. The van der Waals surface area contributed by atoms with Gasteiger partial charge in [0, 0.05) is 48.6 Å². The van der Waals surface area contributed by atoms with Gasteiger partial charge in [-0.05, 0) is 48.1 Å². The third kappa shape index (κ3) is 4.02. The molecule has 2 N–H and O–H groups in total. The number of aromatic nitrogens is 3.